The van der Waals surface area contributed by atoms with Gasteiger partial charge in [-0.15, -0.1) is 0 Å². The highest BCUT2D eigenvalue weighted by atomic mass is 15.0. The maximum Gasteiger partial charge on any atom is 0.126 e. The van der Waals surface area contributed by atoms with E-state index in [2.05, 4.69) is 30.0 Å². The zero-order chi connectivity index (χ0) is 14.7. The molecule has 1 aromatic heterocycles. The average Bonchev–Trinajstić information content (AvgIpc) is 2.87. The molecule has 1 heterocycles. The fourth-order valence-electron chi connectivity index (χ4n) is 5.96. The van der Waals surface area contributed by atoms with Crippen LogP contribution in [-0.4, -0.2) is 9.97 Å². The maximum atomic E-state index is 6.46. The third kappa shape index (κ3) is 2.16. The summed E-state index contributed by atoms with van der Waals surface area (Å²) < 4.78 is 0. The predicted molar refractivity (Wildman–Crippen MR) is 84.9 cm³/mol. The number of hydrogen-bond donors (Lipinski definition) is 2. The van der Waals surface area contributed by atoms with Gasteiger partial charge < -0.3 is 10.7 Å². The Hall–Kier alpha value is -0.830. The van der Waals surface area contributed by atoms with Crippen LogP contribution < -0.4 is 5.73 Å². The van der Waals surface area contributed by atoms with E-state index in [1.165, 1.54) is 44.2 Å². The van der Waals surface area contributed by atoms with E-state index in [1.54, 1.807) is 0 Å². The number of hydrogen-bond acceptors (Lipinski definition) is 2. The van der Waals surface area contributed by atoms with Gasteiger partial charge in [-0.25, -0.2) is 4.98 Å². The van der Waals surface area contributed by atoms with Crippen LogP contribution in [0.2, 0.25) is 0 Å². The Morgan fingerprint density at radius 1 is 1.24 bits per heavy atom. The smallest absolute Gasteiger partial charge is 0.126 e. The predicted octanol–water partition coefficient (Wildman–Crippen LogP) is 3.85. The van der Waals surface area contributed by atoms with Crippen LogP contribution >= 0.6 is 0 Å². The van der Waals surface area contributed by atoms with Crippen LogP contribution in [0.3, 0.4) is 0 Å². The highest BCUT2D eigenvalue weighted by molar-refractivity contribution is 5.23. The minimum Gasteiger partial charge on any atom is -0.344 e. The van der Waals surface area contributed by atoms with Crippen molar-refractivity contribution in [2.75, 3.05) is 0 Å². The van der Waals surface area contributed by atoms with E-state index < -0.39 is 0 Å². The molecule has 0 spiro atoms. The molecule has 21 heavy (non-hydrogen) atoms. The molecule has 4 fully saturated rings. The van der Waals surface area contributed by atoms with Crippen molar-refractivity contribution >= 4 is 0 Å². The molecule has 1 atom stereocenters. The Balaban J connectivity index is 1.64. The van der Waals surface area contributed by atoms with Gasteiger partial charge >= 0.3 is 0 Å². The molecule has 0 saturated heterocycles. The Kier molecular flexibility index (Phi) is 3.01. The van der Waals surface area contributed by atoms with Gasteiger partial charge in [0.15, 0.2) is 0 Å². The highest BCUT2D eigenvalue weighted by Gasteiger charge is 2.52. The molecule has 4 saturated carbocycles. The van der Waals surface area contributed by atoms with Gasteiger partial charge in [0.25, 0.3) is 0 Å². The minimum atomic E-state index is -0.310. The fourth-order valence-corrected chi connectivity index (χ4v) is 5.96. The van der Waals surface area contributed by atoms with E-state index in [-0.39, 0.29) is 5.54 Å². The van der Waals surface area contributed by atoms with Crippen LogP contribution in [0.15, 0.2) is 6.20 Å². The van der Waals surface area contributed by atoms with Crippen LogP contribution in [0.1, 0.15) is 76.7 Å². The number of imidazole rings is 1. The van der Waals surface area contributed by atoms with Crippen molar-refractivity contribution < 1.29 is 0 Å². The summed E-state index contributed by atoms with van der Waals surface area (Å²) in [6, 6.07) is 0. The Morgan fingerprint density at radius 3 is 2.33 bits per heavy atom. The van der Waals surface area contributed by atoms with Crippen molar-refractivity contribution in [3.8, 4) is 0 Å². The molecule has 4 bridgehead atoms. The van der Waals surface area contributed by atoms with Crippen molar-refractivity contribution in [1.29, 1.82) is 0 Å². The first-order valence-corrected chi connectivity index (χ1v) is 8.85. The molecule has 3 heteroatoms. The highest BCUT2D eigenvalue weighted by Crippen LogP contribution is 2.60. The van der Waals surface area contributed by atoms with E-state index in [4.69, 9.17) is 5.73 Å². The lowest BCUT2D eigenvalue weighted by Crippen LogP contribution is -2.48. The number of nitrogens with zero attached hydrogens (tertiary/aromatic N) is 1. The average molecular weight is 287 g/mol. The van der Waals surface area contributed by atoms with Gasteiger partial charge in [0, 0.05) is 17.3 Å². The summed E-state index contributed by atoms with van der Waals surface area (Å²) in [5.41, 5.74) is 7.95. The summed E-state index contributed by atoms with van der Waals surface area (Å²) >= 11 is 0. The van der Waals surface area contributed by atoms with Gasteiger partial charge in [-0.1, -0.05) is 13.3 Å². The van der Waals surface area contributed by atoms with Crippen LogP contribution in [-0.2, 0) is 11.0 Å². The Labute approximate surface area is 128 Å². The van der Waals surface area contributed by atoms with E-state index in [1.807, 2.05) is 0 Å². The van der Waals surface area contributed by atoms with Gasteiger partial charge in [-0.3, -0.25) is 0 Å². The van der Waals surface area contributed by atoms with Crippen molar-refractivity contribution in [2.24, 2.45) is 23.5 Å². The van der Waals surface area contributed by atoms with E-state index >= 15 is 0 Å². The third-order valence-corrected chi connectivity index (χ3v) is 6.50. The van der Waals surface area contributed by atoms with Gasteiger partial charge in [0.1, 0.15) is 5.82 Å². The molecule has 0 aliphatic heterocycles. The topological polar surface area (TPSA) is 54.7 Å². The monoisotopic (exact) mass is 287 g/mol. The van der Waals surface area contributed by atoms with Crippen molar-refractivity contribution in [1.82, 2.24) is 9.97 Å². The lowest BCUT2D eigenvalue weighted by Gasteiger charge is -2.56. The second-order valence-corrected chi connectivity index (χ2v) is 8.51. The van der Waals surface area contributed by atoms with Gasteiger partial charge in [-0.2, -0.15) is 0 Å². The summed E-state index contributed by atoms with van der Waals surface area (Å²) in [6.07, 6.45) is 12.8. The maximum absolute atomic E-state index is 6.46. The van der Waals surface area contributed by atoms with Gasteiger partial charge in [0.2, 0.25) is 0 Å². The quantitative estimate of drug-likeness (QED) is 0.883. The molecule has 3 nitrogen and oxygen atoms in total. The second-order valence-electron chi connectivity index (χ2n) is 8.51. The lowest BCUT2D eigenvalue weighted by atomic mass is 9.49. The summed E-state index contributed by atoms with van der Waals surface area (Å²) in [5.74, 6) is 3.92. The van der Waals surface area contributed by atoms with E-state index in [0.717, 1.165) is 36.4 Å². The molecule has 1 unspecified atom stereocenters. The molecule has 0 amide bonds. The van der Waals surface area contributed by atoms with Gasteiger partial charge in [-0.05, 0) is 69.6 Å². The largest absolute Gasteiger partial charge is 0.344 e. The van der Waals surface area contributed by atoms with Gasteiger partial charge in [0.05, 0.1) is 5.54 Å². The van der Waals surface area contributed by atoms with E-state index in [0.29, 0.717) is 5.41 Å². The molecule has 1 aromatic rings. The molecule has 5 rings (SSSR count). The first kappa shape index (κ1) is 13.8. The molecule has 4 aliphatic rings. The first-order chi connectivity index (χ1) is 10.0. The van der Waals surface area contributed by atoms with Crippen molar-refractivity contribution in [3.05, 3.63) is 17.7 Å². The summed E-state index contributed by atoms with van der Waals surface area (Å²) in [7, 11) is 0. The molecule has 0 aromatic carbocycles. The first-order valence-electron chi connectivity index (χ1n) is 8.85. The molecule has 4 aliphatic carbocycles. The van der Waals surface area contributed by atoms with Crippen LogP contribution in [0.5, 0.6) is 0 Å². The molecular formula is C18H29N3. The molecule has 0 radical (unpaired) electrons. The molecular weight excluding hydrogens is 258 g/mol. The minimum absolute atomic E-state index is 0.310. The fraction of sp³-hybridized carbons (Fsp3) is 0.833. The standard InChI is InChI=1S/C18H29N3/c1-3-4-17(2,19)16-20-11-15(21-16)18-8-12-5-13(9-18)7-14(6-12)10-18/h11-14H,3-10,19H2,1-2H3,(H,20,21). The number of nitrogens with two attached hydrogens (primary N) is 1. The molecule has 3 N–H and O–H groups in total. The molecule has 116 valence electrons. The van der Waals surface area contributed by atoms with Crippen molar-refractivity contribution in [3.63, 3.8) is 0 Å². The zero-order valence-electron chi connectivity index (χ0n) is 13.5. The van der Waals surface area contributed by atoms with Crippen LogP contribution in [0.4, 0.5) is 0 Å². The number of rotatable bonds is 4. The Morgan fingerprint density at radius 2 is 1.81 bits per heavy atom. The van der Waals surface area contributed by atoms with Crippen LogP contribution in [0, 0.1) is 17.8 Å². The van der Waals surface area contributed by atoms with Crippen molar-refractivity contribution in [2.45, 2.75) is 76.2 Å². The summed E-state index contributed by atoms with van der Waals surface area (Å²) in [4.78, 5) is 8.34. The number of H-pyrrole nitrogens is 1. The number of nitrogens with one attached hydrogen (secondary N) is 1. The Bertz CT molecular complexity index is 493. The summed E-state index contributed by atoms with van der Waals surface area (Å²) in [6.45, 7) is 4.30. The lowest BCUT2D eigenvalue weighted by molar-refractivity contribution is -0.00710. The second kappa shape index (κ2) is 4.58. The normalized spacial score (nSPS) is 40.4. The number of aromatic amines is 1. The third-order valence-electron chi connectivity index (χ3n) is 6.50. The SMILES string of the molecule is CCCC(C)(N)c1ncc(C23CC4CC(CC(C4)C2)C3)[nH]1. The zero-order valence-corrected chi connectivity index (χ0v) is 13.5. The van der Waals surface area contributed by atoms with Crippen LogP contribution in [0.25, 0.3) is 0 Å². The number of aromatic nitrogens is 2. The van der Waals surface area contributed by atoms with E-state index in [9.17, 15) is 0 Å². The summed E-state index contributed by atoms with van der Waals surface area (Å²) in [5, 5.41) is 0.